The molecule has 5 heteroatoms. The highest BCUT2D eigenvalue weighted by atomic mass is 35.5. The van der Waals surface area contributed by atoms with Crippen LogP contribution in [0.15, 0.2) is 6.07 Å². The van der Waals surface area contributed by atoms with Crippen molar-refractivity contribution in [1.82, 2.24) is 5.32 Å². The van der Waals surface area contributed by atoms with Crippen molar-refractivity contribution in [3.63, 3.8) is 0 Å². The summed E-state index contributed by atoms with van der Waals surface area (Å²) in [6, 6.07) is 1.54. The van der Waals surface area contributed by atoms with Gasteiger partial charge in [-0.2, -0.15) is 0 Å². The zero-order valence-electron chi connectivity index (χ0n) is 9.63. The predicted octanol–water partition coefficient (Wildman–Crippen LogP) is 1.82. The molecule has 0 unspecified atom stereocenters. The molecule has 90 valence electrons. The summed E-state index contributed by atoms with van der Waals surface area (Å²) >= 11 is 5.90. The minimum absolute atomic E-state index is 0.0505. The van der Waals surface area contributed by atoms with Crippen LogP contribution < -0.4 is 14.8 Å². The molecule has 0 saturated heterocycles. The van der Waals surface area contributed by atoms with E-state index in [9.17, 15) is 5.11 Å². The Bertz CT molecular complexity index is 369. The largest absolute Gasteiger partial charge is 0.506 e. The summed E-state index contributed by atoms with van der Waals surface area (Å²) in [5, 5.41) is 13.1. The molecule has 0 aliphatic heterocycles. The van der Waals surface area contributed by atoms with Crippen LogP contribution in [0.25, 0.3) is 0 Å². The van der Waals surface area contributed by atoms with Crippen LogP contribution in [0.3, 0.4) is 0 Å². The molecule has 1 aromatic carbocycles. The Balaban J connectivity index is 3.23. The van der Waals surface area contributed by atoms with Gasteiger partial charge < -0.3 is 19.9 Å². The molecule has 0 heterocycles. The monoisotopic (exact) mass is 245 g/mol. The van der Waals surface area contributed by atoms with Crippen molar-refractivity contribution in [1.29, 1.82) is 0 Å². The molecule has 0 aliphatic carbocycles. The van der Waals surface area contributed by atoms with Gasteiger partial charge >= 0.3 is 0 Å². The lowest BCUT2D eigenvalue weighted by atomic mass is 10.1. The Morgan fingerprint density at radius 1 is 1.38 bits per heavy atom. The van der Waals surface area contributed by atoms with Crippen LogP contribution in [-0.4, -0.2) is 32.9 Å². The first-order valence-electron chi connectivity index (χ1n) is 4.92. The minimum Gasteiger partial charge on any atom is -0.506 e. The van der Waals surface area contributed by atoms with Gasteiger partial charge in [0.15, 0.2) is 11.5 Å². The average Bonchev–Trinajstić information content (AvgIpc) is 2.30. The van der Waals surface area contributed by atoms with Gasteiger partial charge in [0.25, 0.3) is 0 Å². The van der Waals surface area contributed by atoms with Gasteiger partial charge in [0.05, 0.1) is 19.2 Å². The molecule has 0 spiro atoms. The van der Waals surface area contributed by atoms with Crippen LogP contribution in [0.4, 0.5) is 0 Å². The number of halogens is 1. The molecular weight excluding hydrogens is 230 g/mol. The molecule has 2 N–H and O–H groups in total. The maximum absolute atomic E-state index is 9.86. The van der Waals surface area contributed by atoms with E-state index in [1.54, 1.807) is 6.07 Å². The summed E-state index contributed by atoms with van der Waals surface area (Å²) in [5.74, 6) is 1.10. The van der Waals surface area contributed by atoms with Gasteiger partial charge in [0.1, 0.15) is 5.75 Å². The fraction of sp³-hybridized carbons (Fsp3) is 0.455. The Morgan fingerprint density at radius 3 is 2.56 bits per heavy atom. The number of aromatic hydroxyl groups is 1. The molecule has 1 rings (SSSR count). The number of hydrogen-bond acceptors (Lipinski definition) is 4. The molecule has 0 amide bonds. The number of benzene rings is 1. The minimum atomic E-state index is 0.0505. The van der Waals surface area contributed by atoms with E-state index in [2.05, 4.69) is 5.32 Å². The van der Waals surface area contributed by atoms with Crippen LogP contribution >= 0.6 is 11.6 Å². The molecule has 0 aromatic heterocycles. The van der Waals surface area contributed by atoms with E-state index in [4.69, 9.17) is 21.1 Å². The summed E-state index contributed by atoms with van der Waals surface area (Å²) in [4.78, 5) is 0. The maximum Gasteiger partial charge on any atom is 0.167 e. The van der Waals surface area contributed by atoms with E-state index in [-0.39, 0.29) is 10.8 Å². The van der Waals surface area contributed by atoms with Gasteiger partial charge in [-0.05, 0) is 20.0 Å². The van der Waals surface area contributed by atoms with Crippen molar-refractivity contribution in [3.05, 3.63) is 16.7 Å². The Hall–Kier alpha value is -1.13. The first-order chi connectivity index (χ1) is 7.65. The van der Waals surface area contributed by atoms with Crippen molar-refractivity contribution in [2.45, 2.75) is 6.42 Å². The van der Waals surface area contributed by atoms with E-state index < -0.39 is 0 Å². The first kappa shape index (κ1) is 12.9. The van der Waals surface area contributed by atoms with E-state index in [0.717, 1.165) is 0 Å². The fourth-order valence-corrected chi connectivity index (χ4v) is 1.72. The van der Waals surface area contributed by atoms with E-state index in [1.807, 2.05) is 7.05 Å². The number of nitrogens with one attached hydrogen (secondary N) is 1. The number of rotatable bonds is 5. The molecule has 0 saturated carbocycles. The van der Waals surface area contributed by atoms with E-state index in [1.165, 1.54) is 14.2 Å². The lowest BCUT2D eigenvalue weighted by molar-refractivity contribution is 0.346. The molecule has 4 nitrogen and oxygen atoms in total. The van der Waals surface area contributed by atoms with Crippen LogP contribution in [0, 0.1) is 0 Å². The standard InChI is InChI=1S/C11H16ClNO3/c1-13-5-4-7-10(14)8(12)6-9(15-2)11(7)16-3/h6,13-14H,4-5H2,1-3H3. The maximum atomic E-state index is 9.86. The zero-order valence-corrected chi connectivity index (χ0v) is 10.4. The molecule has 0 atom stereocenters. The quantitative estimate of drug-likeness (QED) is 0.831. The third-order valence-electron chi connectivity index (χ3n) is 2.32. The van der Waals surface area contributed by atoms with E-state index in [0.29, 0.717) is 30.0 Å². The average molecular weight is 246 g/mol. The van der Waals surface area contributed by atoms with Gasteiger partial charge in [-0.1, -0.05) is 11.6 Å². The highest BCUT2D eigenvalue weighted by Gasteiger charge is 2.17. The van der Waals surface area contributed by atoms with Crippen molar-refractivity contribution in [2.75, 3.05) is 27.8 Å². The number of hydrogen-bond donors (Lipinski definition) is 2. The topological polar surface area (TPSA) is 50.7 Å². The lowest BCUT2D eigenvalue weighted by Crippen LogP contribution is -2.11. The lowest BCUT2D eigenvalue weighted by Gasteiger charge is -2.15. The molecule has 0 radical (unpaired) electrons. The summed E-state index contributed by atoms with van der Waals surface area (Å²) in [7, 11) is 4.91. The van der Waals surface area contributed by atoms with Crippen LogP contribution in [0.5, 0.6) is 17.2 Å². The molecule has 0 aliphatic rings. The molecule has 0 bridgehead atoms. The zero-order chi connectivity index (χ0) is 12.1. The van der Waals surface area contributed by atoms with Crippen molar-refractivity contribution in [3.8, 4) is 17.2 Å². The van der Waals surface area contributed by atoms with Crippen LogP contribution in [0.1, 0.15) is 5.56 Å². The van der Waals surface area contributed by atoms with Crippen LogP contribution in [-0.2, 0) is 6.42 Å². The van der Waals surface area contributed by atoms with Crippen molar-refractivity contribution < 1.29 is 14.6 Å². The van der Waals surface area contributed by atoms with E-state index >= 15 is 0 Å². The van der Waals surface area contributed by atoms with Gasteiger partial charge in [-0.25, -0.2) is 0 Å². The molecular formula is C11H16ClNO3. The smallest absolute Gasteiger partial charge is 0.167 e. The summed E-state index contributed by atoms with van der Waals surface area (Å²) in [6.45, 7) is 0.716. The molecule has 0 fully saturated rings. The summed E-state index contributed by atoms with van der Waals surface area (Å²) < 4.78 is 10.4. The fourth-order valence-electron chi connectivity index (χ4n) is 1.51. The summed E-state index contributed by atoms with van der Waals surface area (Å²) in [6.07, 6.45) is 0.614. The number of phenolic OH excluding ortho intramolecular Hbond substituents is 1. The number of ether oxygens (including phenoxy) is 2. The van der Waals surface area contributed by atoms with Gasteiger partial charge in [-0.15, -0.1) is 0 Å². The Labute approximate surface area is 100 Å². The first-order valence-corrected chi connectivity index (χ1v) is 5.30. The second-order valence-electron chi connectivity index (χ2n) is 3.27. The van der Waals surface area contributed by atoms with Crippen molar-refractivity contribution in [2.24, 2.45) is 0 Å². The number of likely N-dealkylation sites (N-methyl/N-ethyl adjacent to an activating group) is 1. The van der Waals surface area contributed by atoms with Crippen LogP contribution in [0.2, 0.25) is 5.02 Å². The summed E-state index contributed by atoms with van der Waals surface area (Å²) in [5.41, 5.74) is 0.654. The highest BCUT2D eigenvalue weighted by Crippen LogP contribution is 2.42. The second-order valence-corrected chi connectivity index (χ2v) is 3.68. The Kier molecular flexibility index (Phi) is 4.71. The third kappa shape index (κ3) is 2.51. The second kappa shape index (κ2) is 5.82. The molecule has 1 aromatic rings. The predicted molar refractivity (Wildman–Crippen MR) is 63.9 cm³/mol. The van der Waals surface area contributed by atoms with Crippen molar-refractivity contribution >= 4 is 11.6 Å². The van der Waals surface area contributed by atoms with Gasteiger partial charge in [-0.3, -0.25) is 0 Å². The SMILES string of the molecule is CNCCc1c(O)c(Cl)cc(OC)c1OC. The number of methoxy groups -OCH3 is 2. The Morgan fingerprint density at radius 2 is 2.06 bits per heavy atom. The third-order valence-corrected chi connectivity index (χ3v) is 2.60. The highest BCUT2D eigenvalue weighted by molar-refractivity contribution is 6.32. The van der Waals surface area contributed by atoms with Gasteiger partial charge in [0.2, 0.25) is 0 Å². The number of phenols is 1. The molecule has 16 heavy (non-hydrogen) atoms. The van der Waals surface area contributed by atoms with Gasteiger partial charge in [0, 0.05) is 11.6 Å². The normalized spacial score (nSPS) is 10.2.